The average Bonchev–Trinajstić information content (AvgIpc) is 2.49. The zero-order valence-electron chi connectivity index (χ0n) is 12.6. The molecular weight excluding hydrogens is 288 g/mol. The Labute approximate surface area is 130 Å². The Morgan fingerprint density at radius 2 is 1.57 bits per heavy atom. The molecular formula is C17H19ClO3. The molecule has 1 N–H and O–H groups in total. The van der Waals surface area contributed by atoms with Crippen molar-refractivity contribution in [1.82, 2.24) is 0 Å². The first kappa shape index (κ1) is 15.7. The largest absolute Gasteiger partial charge is 0.493 e. The summed E-state index contributed by atoms with van der Waals surface area (Å²) in [6.07, 6.45) is -0.808. The minimum absolute atomic E-state index is 0.583. The molecule has 0 saturated heterocycles. The van der Waals surface area contributed by atoms with Gasteiger partial charge in [-0.1, -0.05) is 29.8 Å². The summed E-state index contributed by atoms with van der Waals surface area (Å²) in [6.45, 7) is 3.84. The van der Waals surface area contributed by atoms with Crippen molar-refractivity contribution in [3.8, 4) is 11.5 Å². The normalized spacial score (nSPS) is 12.1. The van der Waals surface area contributed by atoms with Crippen LogP contribution in [0.25, 0.3) is 0 Å². The lowest BCUT2D eigenvalue weighted by Gasteiger charge is -2.19. The highest BCUT2D eigenvalue weighted by atomic mass is 35.5. The van der Waals surface area contributed by atoms with Crippen molar-refractivity contribution >= 4 is 11.6 Å². The van der Waals surface area contributed by atoms with E-state index in [9.17, 15) is 5.11 Å². The van der Waals surface area contributed by atoms with Crippen LogP contribution in [0.3, 0.4) is 0 Å². The molecule has 1 atom stereocenters. The fraction of sp³-hybridized carbons (Fsp3) is 0.294. The fourth-order valence-electron chi connectivity index (χ4n) is 2.34. The highest BCUT2D eigenvalue weighted by Gasteiger charge is 2.19. The van der Waals surface area contributed by atoms with Crippen molar-refractivity contribution in [3.05, 3.63) is 57.6 Å². The summed E-state index contributed by atoms with van der Waals surface area (Å²) >= 11 is 6.31. The molecule has 0 aliphatic heterocycles. The molecule has 0 fully saturated rings. The summed E-state index contributed by atoms with van der Waals surface area (Å²) in [7, 11) is 3.16. The van der Waals surface area contributed by atoms with Crippen LogP contribution >= 0.6 is 11.6 Å². The molecule has 0 radical (unpaired) electrons. The summed E-state index contributed by atoms with van der Waals surface area (Å²) in [5, 5.41) is 11.3. The number of aryl methyl sites for hydroxylation is 2. The second kappa shape index (κ2) is 6.37. The Hall–Kier alpha value is -1.71. The molecule has 2 aromatic carbocycles. The summed E-state index contributed by atoms with van der Waals surface area (Å²) in [6, 6.07) is 9.27. The Kier molecular flexibility index (Phi) is 4.76. The van der Waals surface area contributed by atoms with Gasteiger partial charge < -0.3 is 14.6 Å². The van der Waals surface area contributed by atoms with Gasteiger partial charge in [0.25, 0.3) is 0 Å². The molecule has 0 aliphatic rings. The van der Waals surface area contributed by atoms with Crippen LogP contribution in [0.1, 0.15) is 28.4 Å². The maximum Gasteiger partial charge on any atom is 0.161 e. The minimum atomic E-state index is -0.808. The van der Waals surface area contributed by atoms with Gasteiger partial charge in [0.05, 0.1) is 14.2 Å². The molecule has 0 heterocycles. The molecule has 0 saturated carbocycles. The predicted octanol–water partition coefficient (Wildman–Crippen LogP) is 4.06. The Balaban J connectivity index is 2.53. The second-order valence-corrected chi connectivity index (χ2v) is 5.32. The van der Waals surface area contributed by atoms with E-state index >= 15 is 0 Å². The molecule has 112 valence electrons. The molecule has 0 aromatic heterocycles. The minimum Gasteiger partial charge on any atom is -0.493 e. The van der Waals surface area contributed by atoms with Crippen LogP contribution in [0.5, 0.6) is 11.5 Å². The second-order valence-electron chi connectivity index (χ2n) is 4.94. The summed E-state index contributed by atoms with van der Waals surface area (Å²) in [4.78, 5) is 0. The third-order valence-electron chi connectivity index (χ3n) is 3.58. The van der Waals surface area contributed by atoms with Crippen LogP contribution in [-0.4, -0.2) is 19.3 Å². The van der Waals surface area contributed by atoms with E-state index in [1.54, 1.807) is 20.3 Å². The number of aliphatic hydroxyl groups is 1. The molecule has 2 aromatic rings. The summed E-state index contributed by atoms with van der Waals surface area (Å²) in [5.74, 6) is 1.22. The van der Waals surface area contributed by atoms with Gasteiger partial charge in [-0.15, -0.1) is 0 Å². The lowest BCUT2D eigenvalue weighted by molar-refractivity contribution is 0.218. The number of ether oxygens (including phenoxy) is 2. The topological polar surface area (TPSA) is 38.7 Å². The van der Waals surface area contributed by atoms with Crippen LogP contribution in [0.2, 0.25) is 5.02 Å². The first-order chi connectivity index (χ1) is 9.99. The first-order valence-corrected chi connectivity index (χ1v) is 7.03. The smallest absolute Gasteiger partial charge is 0.161 e. The Morgan fingerprint density at radius 1 is 0.952 bits per heavy atom. The number of hydrogen-bond acceptors (Lipinski definition) is 3. The van der Waals surface area contributed by atoms with Crippen molar-refractivity contribution in [2.45, 2.75) is 20.0 Å². The number of aliphatic hydroxyl groups excluding tert-OH is 1. The van der Waals surface area contributed by atoms with E-state index in [-0.39, 0.29) is 0 Å². The average molecular weight is 307 g/mol. The van der Waals surface area contributed by atoms with Gasteiger partial charge in [0.15, 0.2) is 11.5 Å². The van der Waals surface area contributed by atoms with Crippen LogP contribution in [0.4, 0.5) is 0 Å². The van der Waals surface area contributed by atoms with Gasteiger partial charge in [0, 0.05) is 10.6 Å². The molecule has 3 nitrogen and oxygen atoms in total. The lowest BCUT2D eigenvalue weighted by atomic mass is 9.96. The fourth-order valence-corrected chi connectivity index (χ4v) is 2.57. The third-order valence-corrected chi connectivity index (χ3v) is 4.10. The Bertz CT molecular complexity index is 653. The van der Waals surface area contributed by atoms with Crippen molar-refractivity contribution in [2.75, 3.05) is 14.2 Å². The molecule has 4 heteroatoms. The third kappa shape index (κ3) is 2.99. The molecule has 21 heavy (non-hydrogen) atoms. The summed E-state index contributed by atoms with van der Waals surface area (Å²) in [5.41, 5.74) is 3.29. The maximum atomic E-state index is 10.7. The number of benzene rings is 2. The van der Waals surface area contributed by atoms with E-state index in [1.165, 1.54) is 0 Å². The van der Waals surface area contributed by atoms with E-state index in [1.807, 2.05) is 38.1 Å². The first-order valence-electron chi connectivity index (χ1n) is 6.65. The number of hydrogen-bond donors (Lipinski definition) is 1. The number of rotatable bonds is 4. The van der Waals surface area contributed by atoms with Crippen LogP contribution in [0.15, 0.2) is 30.3 Å². The van der Waals surface area contributed by atoms with Gasteiger partial charge in [0.1, 0.15) is 6.10 Å². The molecule has 2 rings (SSSR count). The van der Waals surface area contributed by atoms with E-state index in [4.69, 9.17) is 21.1 Å². The molecule has 0 aliphatic carbocycles. The molecule has 0 spiro atoms. The van der Waals surface area contributed by atoms with E-state index < -0.39 is 6.10 Å². The standard InChI is InChI=1S/C17H19ClO3/c1-10-6-5-7-12(16(10)18)17(19)13-9-15(21-4)14(20-3)8-11(13)2/h5-9,17,19H,1-4H3. The quantitative estimate of drug-likeness (QED) is 0.926. The van der Waals surface area contributed by atoms with Gasteiger partial charge >= 0.3 is 0 Å². The van der Waals surface area contributed by atoms with Crippen LogP contribution in [0, 0.1) is 13.8 Å². The highest BCUT2D eigenvalue weighted by Crippen LogP contribution is 2.37. The van der Waals surface area contributed by atoms with Crippen molar-refractivity contribution in [2.24, 2.45) is 0 Å². The maximum absolute atomic E-state index is 10.7. The SMILES string of the molecule is COc1cc(C)c(C(O)c2cccc(C)c2Cl)cc1OC. The zero-order valence-corrected chi connectivity index (χ0v) is 13.4. The molecule has 1 unspecified atom stereocenters. The number of methoxy groups -OCH3 is 2. The van der Waals surface area contributed by atoms with E-state index in [0.29, 0.717) is 22.1 Å². The van der Waals surface area contributed by atoms with E-state index in [2.05, 4.69) is 0 Å². The van der Waals surface area contributed by atoms with Crippen molar-refractivity contribution < 1.29 is 14.6 Å². The van der Waals surface area contributed by atoms with Crippen molar-refractivity contribution in [1.29, 1.82) is 0 Å². The lowest BCUT2D eigenvalue weighted by Crippen LogP contribution is -2.05. The highest BCUT2D eigenvalue weighted by molar-refractivity contribution is 6.32. The zero-order chi connectivity index (χ0) is 15.6. The molecule has 0 bridgehead atoms. The van der Waals surface area contributed by atoms with E-state index in [0.717, 1.165) is 16.7 Å². The van der Waals surface area contributed by atoms with Crippen LogP contribution in [-0.2, 0) is 0 Å². The van der Waals surface area contributed by atoms with Gasteiger partial charge in [-0.05, 0) is 42.7 Å². The van der Waals surface area contributed by atoms with Gasteiger partial charge in [-0.25, -0.2) is 0 Å². The monoisotopic (exact) mass is 306 g/mol. The predicted molar refractivity (Wildman–Crippen MR) is 84.5 cm³/mol. The number of halogens is 1. The summed E-state index contributed by atoms with van der Waals surface area (Å²) < 4.78 is 10.6. The van der Waals surface area contributed by atoms with Gasteiger partial charge in [-0.2, -0.15) is 0 Å². The molecule has 0 amide bonds. The van der Waals surface area contributed by atoms with Crippen molar-refractivity contribution in [3.63, 3.8) is 0 Å². The Morgan fingerprint density at radius 3 is 2.19 bits per heavy atom. The van der Waals surface area contributed by atoms with Crippen LogP contribution < -0.4 is 9.47 Å². The van der Waals surface area contributed by atoms with Gasteiger partial charge in [0.2, 0.25) is 0 Å². The van der Waals surface area contributed by atoms with Gasteiger partial charge in [-0.3, -0.25) is 0 Å².